The smallest absolute Gasteiger partial charge is 0.239 e. The average Bonchev–Trinajstić information content (AvgIpc) is 2.40. The van der Waals surface area contributed by atoms with Crippen LogP contribution in [0, 0.1) is 0 Å². The summed E-state index contributed by atoms with van der Waals surface area (Å²) in [6.07, 6.45) is 0.628. The van der Waals surface area contributed by atoms with Crippen LogP contribution in [-0.4, -0.2) is 41.4 Å². The Balaban J connectivity index is 1.90. The molecule has 1 heterocycles. The van der Waals surface area contributed by atoms with Crippen LogP contribution in [0.3, 0.4) is 0 Å². The molecular weight excluding hydrogens is 232 g/mol. The van der Waals surface area contributed by atoms with E-state index in [4.69, 9.17) is 5.73 Å². The second-order valence-electron chi connectivity index (χ2n) is 4.23. The van der Waals surface area contributed by atoms with Crippen molar-refractivity contribution in [3.05, 3.63) is 35.9 Å². The van der Waals surface area contributed by atoms with Crippen molar-refractivity contribution in [2.75, 3.05) is 24.6 Å². The molecule has 1 aliphatic rings. The quantitative estimate of drug-likeness (QED) is 0.875. The molecule has 0 aromatic heterocycles. The summed E-state index contributed by atoms with van der Waals surface area (Å²) in [4.78, 5) is 14.0. The van der Waals surface area contributed by atoms with Gasteiger partial charge in [-0.15, -0.1) is 0 Å². The van der Waals surface area contributed by atoms with Gasteiger partial charge in [0.1, 0.15) is 0 Å². The summed E-state index contributed by atoms with van der Waals surface area (Å²) in [5, 5.41) is 0. The summed E-state index contributed by atoms with van der Waals surface area (Å²) in [5.74, 6) is 2.15. The van der Waals surface area contributed by atoms with Gasteiger partial charge in [-0.25, -0.2) is 0 Å². The number of thioether (sulfide) groups is 1. The van der Waals surface area contributed by atoms with Crippen molar-refractivity contribution in [2.45, 2.75) is 12.5 Å². The lowest BCUT2D eigenvalue weighted by atomic mass is 10.1. The van der Waals surface area contributed by atoms with Gasteiger partial charge in [0.05, 0.1) is 6.04 Å². The third-order valence-corrected chi connectivity index (χ3v) is 3.88. The van der Waals surface area contributed by atoms with E-state index in [9.17, 15) is 4.79 Å². The summed E-state index contributed by atoms with van der Waals surface area (Å²) in [6, 6.07) is 9.55. The first-order valence-corrected chi connectivity index (χ1v) is 7.09. The van der Waals surface area contributed by atoms with E-state index < -0.39 is 6.04 Å². The van der Waals surface area contributed by atoms with Gasteiger partial charge in [0.2, 0.25) is 5.91 Å². The fourth-order valence-corrected chi connectivity index (χ4v) is 2.88. The molecule has 0 spiro atoms. The molecule has 92 valence electrons. The first kappa shape index (κ1) is 12.5. The third kappa shape index (κ3) is 3.48. The summed E-state index contributed by atoms with van der Waals surface area (Å²) in [7, 11) is 0. The Morgan fingerprint density at radius 2 is 1.94 bits per heavy atom. The zero-order valence-corrected chi connectivity index (χ0v) is 10.7. The number of nitrogens with zero attached hydrogens (tertiary/aromatic N) is 1. The van der Waals surface area contributed by atoms with Gasteiger partial charge in [-0.3, -0.25) is 4.79 Å². The fourth-order valence-electron chi connectivity index (χ4n) is 1.97. The molecule has 1 fully saturated rings. The van der Waals surface area contributed by atoms with Crippen molar-refractivity contribution >= 4 is 17.7 Å². The molecule has 3 nitrogen and oxygen atoms in total. The highest BCUT2D eigenvalue weighted by atomic mass is 32.2. The SMILES string of the molecule is NC(Cc1ccccc1)C(=O)N1CCSCC1. The van der Waals surface area contributed by atoms with Crippen LogP contribution in [0.25, 0.3) is 0 Å². The number of carbonyl (C=O) groups is 1. The minimum atomic E-state index is -0.402. The Morgan fingerprint density at radius 1 is 1.29 bits per heavy atom. The van der Waals surface area contributed by atoms with Crippen molar-refractivity contribution < 1.29 is 4.79 Å². The Hall–Kier alpha value is -1.00. The second-order valence-corrected chi connectivity index (χ2v) is 5.46. The number of amides is 1. The van der Waals surface area contributed by atoms with Gasteiger partial charge in [0, 0.05) is 24.6 Å². The summed E-state index contributed by atoms with van der Waals surface area (Å²) >= 11 is 1.90. The van der Waals surface area contributed by atoms with Crippen molar-refractivity contribution in [2.24, 2.45) is 5.73 Å². The van der Waals surface area contributed by atoms with E-state index in [1.165, 1.54) is 0 Å². The fraction of sp³-hybridized carbons (Fsp3) is 0.462. The molecule has 0 bridgehead atoms. The van der Waals surface area contributed by atoms with Gasteiger partial charge >= 0.3 is 0 Å². The summed E-state index contributed by atoms with van der Waals surface area (Å²) in [6.45, 7) is 1.68. The minimum Gasteiger partial charge on any atom is -0.340 e. The van der Waals surface area contributed by atoms with Crippen molar-refractivity contribution in [3.8, 4) is 0 Å². The van der Waals surface area contributed by atoms with Crippen LogP contribution in [-0.2, 0) is 11.2 Å². The molecule has 17 heavy (non-hydrogen) atoms. The zero-order valence-electron chi connectivity index (χ0n) is 9.84. The molecule has 1 aromatic carbocycles. The topological polar surface area (TPSA) is 46.3 Å². The van der Waals surface area contributed by atoms with E-state index in [2.05, 4.69) is 0 Å². The first-order chi connectivity index (χ1) is 8.27. The van der Waals surface area contributed by atoms with Gasteiger partial charge in [-0.05, 0) is 12.0 Å². The first-order valence-electron chi connectivity index (χ1n) is 5.93. The largest absolute Gasteiger partial charge is 0.340 e. The molecule has 1 saturated heterocycles. The van der Waals surface area contributed by atoms with E-state index in [1.807, 2.05) is 47.0 Å². The number of rotatable bonds is 3. The van der Waals surface area contributed by atoms with Gasteiger partial charge in [0.25, 0.3) is 0 Å². The highest BCUT2D eigenvalue weighted by Crippen LogP contribution is 2.11. The minimum absolute atomic E-state index is 0.0918. The van der Waals surface area contributed by atoms with Gasteiger partial charge in [-0.1, -0.05) is 30.3 Å². The molecule has 2 N–H and O–H groups in total. The van der Waals surface area contributed by atoms with Gasteiger partial charge < -0.3 is 10.6 Å². The molecule has 1 atom stereocenters. The van der Waals surface area contributed by atoms with Crippen LogP contribution < -0.4 is 5.73 Å². The van der Waals surface area contributed by atoms with Gasteiger partial charge in [-0.2, -0.15) is 11.8 Å². The molecule has 1 unspecified atom stereocenters. The monoisotopic (exact) mass is 250 g/mol. The highest BCUT2D eigenvalue weighted by Gasteiger charge is 2.22. The van der Waals surface area contributed by atoms with Crippen LogP contribution in [0.5, 0.6) is 0 Å². The summed E-state index contributed by atoms with van der Waals surface area (Å²) < 4.78 is 0. The maximum Gasteiger partial charge on any atom is 0.239 e. The average molecular weight is 250 g/mol. The lowest BCUT2D eigenvalue weighted by Gasteiger charge is -2.28. The van der Waals surface area contributed by atoms with Crippen molar-refractivity contribution in [1.82, 2.24) is 4.90 Å². The van der Waals surface area contributed by atoms with E-state index in [1.54, 1.807) is 0 Å². The normalized spacial score (nSPS) is 17.8. The van der Waals surface area contributed by atoms with Crippen LogP contribution >= 0.6 is 11.8 Å². The maximum atomic E-state index is 12.1. The molecule has 2 rings (SSSR count). The Labute approximate surface area is 106 Å². The molecule has 0 aliphatic carbocycles. The Morgan fingerprint density at radius 3 is 2.59 bits per heavy atom. The molecular formula is C13H18N2OS. The van der Waals surface area contributed by atoms with Crippen molar-refractivity contribution in [1.29, 1.82) is 0 Å². The van der Waals surface area contributed by atoms with E-state index >= 15 is 0 Å². The van der Waals surface area contributed by atoms with E-state index in [0.29, 0.717) is 6.42 Å². The molecule has 1 amide bonds. The van der Waals surface area contributed by atoms with E-state index in [-0.39, 0.29) is 5.91 Å². The number of carbonyl (C=O) groups excluding carboxylic acids is 1. The number of hydrogen-bond acceptors (Lipinski definition) is 3. The highest BCUT2D eigenvalue weighted by molar-refractivity contribution is 7.99. The Kier molecular flexibility index (Phi) is 4.45. The molecule has 1 aliphatic heterocycles. The number of hydrogen-bond donors (Lipinski definition) is 1. The standard InChI is InChI=1S/C13H18N2OS/c14-12(10-11-4-2-1-3-5-11)13(16)15-6-8-17-9-7-15/h1-5,12H,6-10,14H2. The Bertz CT molecular complexity index is 363. The molecule has 0 saturated carbocycles. The molecule has 0 radical (unpaired) electrons. The summed E-state index contributed by atoms with van der Waals surface area (Å²) in [5.41, 5.74) is 7.11. The second kappa shape index (κ2) is 6.07. The predicted molar refractivity (Wildman–Crippen MR) is 72.0 cm³/mol. The lowest BCUT2D eigenvalue weighted by Crippen LogP contribution is -2.48. The van der Waals surface area contributed by atoms with E-state index in [0.717, 1.165) is 30.2 Å². The third-order valence-electron chi connectivity index (χ3n) is 2.94. The van der Waals surface area contributed by atoms with Crippen LogP contribution in [0.2, 0.25) is 0 Å². The molecule has 1 aromatic rings. The van der Waals surface area contributed by atoms with Crippen LogP contribution in [0.4, 0.5) is 0 Å². The number of benzene rings is 1. The molecule has 4 heteroatoms. The number of nitrogens with two attached hydrogens (primary N) is 1. The zero-order chi connectivity index (χ0) is 12.1. The van der Waals surface area contributed by atoms with Gasteiger partial charge in [0.15, 0.2) is 0 Å². The van der Waals surface area contributed by atoms with Crippen molar-refractivity contribution in [3.63, 3.8) is 0 Å². The van der Waals surface area contributed by atoms with Crippen LogP contribution in [0.15, 0.2) is 30.3 Å². The van der Waals surface area contributed by atoms with Crippen LogP contribution in [0.1, 0.15) is 5.56 Å². The lowest BCUT2D eigenvalue weighted by molar-refractivity contribution is -0.132. The predicted octanol–water partition coefficient (Wildman–Crippen LogP) is 1.13. The maximum absolute atomic E-state index is 12.1.